The highest BCUT2D eigenvalue weighted by molar-refractivity contribution is 5.44. The molecule has 1 fully saturated rings. The molecule has 0 unspecified atom stereocenters. The zero-order valence-corrected chi connectivity index (χ0v) is 11.0. The third kappa shape index (κ3) is 2.93. The summed E-state index contributed by atoms with van der Waals surface area (Å²) >= 11 is 0. The molecule has 3 nitrogen and oxygen atoms in total. The van der Waals surface area contributed by atoms with E-state index in [2.05, 4.69) is 46.3 Å². The maximum absolute atomic E-state index is 5.72. The molecule has 19 heavy (non-hydrogen) atoms. The minimum Gasteiger partial charge on any atom is -0.349 e. The van der Waals surface area contributed by atoms with E-state index < -0.39 is 0 Å². The summed E-state index contributed by atoms with van der Waals surface area (Å²) in [6.07, 6.45) is 4.39. The predicted octanol–water partition coefficient (Wildman–Crippen LogP) is 2.71. The largest absolute Gasteiger partial charge is 0.349 e. The summed E-state index contributed by atoms with van der Waals surface area (Å²) in [6, 6.07) is 15.3. The fraction of sp³-hybridized carbons (Fsp3) is 0.312. The van der Waals surface area contributed by atoms with Crippen LogP contribution in [-0.4, -0.2) is 11.0 Å². The van der Waals surface area contributed by atoms with Crippen molar-refractivity contribution >= 4 is 5.82 Å². The minimum atomic E-state index is 0.569. The maximum Gasteiger partial charge on any atom is 0.129 e. The zero-order valence-electron chi connectivity index (χ0n) is 11.0. The van der Waals surface area contributed by atoms with Crippen LogP contribution in [0.3, 0.4) is 0 Å². The Hall–Kier alpha value is -1.87. The van der Waals surface area contributed by atoms with Gasteiger partial charge in [-0.15, -0.1) is 0 Å². The van der Waals surface area contributed by atoms with Gasteiger partial charge in [-0.3, -0.25) is 0 Å². The van der Waals surface area contributed by atoms with Crippen LogP contribution < -0.4 is 10.6 Å². The standard InChI is InChI=1S/C16H19N3/c17-11-14-8-9-18-16(10-14)19(15-6-7-15)12-13-4-2-1-3-5-13/h1-5,8-10,15H,6-7,11-12,17H2. The van der Waals surface area contributed by atoms with E-state index >= 15 is 0 Å². The molecule has 1 aromatic carbocycles. The number of nitrogens with zero attached hydrogens (tertiary/aromatic N) is 2. The van der Waals surface area contributed by atoms with Crippen molar-refractivity contribution < 1.29 is 0 Å². The SMILES string of the molecule is NCc1ccnc(N(Cc2ccccc2)C2CC2)c1. The molecule has 2 aromatic rings. The Kier molecular flexibility index (Phi) is 3.47. The van der Waals surface area contributed by atoms with Crippen LogP contribution in [0.25, 0.3) is 0 Å². The summed E-state index contributed by atoms with van der Waals surface area (Å²) in [6.45, 7) is 1.49. The third-order valence-corrected chi connectivity index (χ3v) is 3.52. The summed E-state index contributed by atoms with van der Waals surface area (Å²) < 4.78 is 0. The third-order valence-electron chi connectivity index (χ3n) is 3.52. The number of hydrogen-bond donors (Lipinski definition) is 1. The van der Waals surface area contributed by atoms with E-state index in [1.54, 1.807) is 0 Å². The Morgan fingerprint density at radius 1 is 1.11 bits per heavy atom. The Balaban J connectivity index is 1.84. The van der Waals surface area contributed by atoms with Crippen molar-refractivity contribution in [1.82, 2.24) is 4.98 Å². The number of hydrogen-bond acceptors (Lipinski definition) is 3. The average Bonchev–Trinajstić information content (AvgIpc) is 3.30. The first-order valence-corrected chi connectivity index (χ1v) is 6.82. The van der Waals surface area contributed by atoms with Crippen molar-refractivity contribution in [2.24, 2.45) is 5.73 Å². The molecular formula is C16H19N3. The van der Waals surface area contributed by atoms with Crippen molar-refractivity contribution in [3.05, 3.63) is 59.8 Å². The summed E-state index contributed by atoms with van der Waals surface area (Å²) in [7, 11) is 0. The van der Waals surface area contributed by atoms with Crippen LogP contribution in [0.15, 0.2) is 48.7 Å². The van der Waals surface area contributed by atoms with E-state index in [4.69, 9.17) is 5.73 Å². The molecule has 1 aliphatic rings. The van der Waals surface area contributed by atoms with Crippen LogP contribution in [0.2, 0.25) is 0 Å². The minimum absolute atomic E-state index is 0.569. The normalized spacial score (nSPS) is 14.4. The Morgan fingerprint density at radius 2 is 1.89 bits per heavy atom. The lowest BCUT2D eigenvalue weighted by molar-refractivity contribution is 0.776. The van der Waals surface area contributed by atoms with Gasteiger partial charge in [0.25, 0.3) is 0 Å². The lowest BCUT2D eigenvalue weighted by Crippen LogP contribution is -2.26. The zero-order chi connectivity index (χ0) is 13.1. The first-order chi connectivity index (χ1) is 9.36. The number of rotatable bonds is 5. The highest BCUT2D eigenvalue weighted by atomic mass is 15.2. The molecule has 0 spiro atoms. The topological polar surface area (TPSA) is 42.1 Å². The van der Waals surface area contributed by atoms with Gasteiger partial charge in [0.05, 0.1) is 0 Å². The Labute approximate surface area is 114 Å². The fourth-order valence-corrected chi connectivity index (χ4v) is 2.31. The molecule has 1 aromatic heterocycles. The molecule has 0 radical (unpaired) electrons. The molecule has 1 heterocycles. The number of pyridine rings is 1. The first kappa shape index (κ1) is 12.2. The Morgan fingerprint density at radius 3 is 2.58 bits per heavy atom. The van der Waals surface area contributed by atoms with E-state index in [0.29, 0.717) is 12.6 Å². The molecule has 0 amide bonds. The van der Waals surface area contributed by atoms with Gasteiger partial charge in [-0.1, -0.05) is 30.3 Å². The molecule has 3 heteroatoms. The molecule has 0 atom stereocenters. The van der Waals surface area contributed by atoms with Crippen LogP contribution in [0.5, 0.6) is 0 Å². The second kappa shape index (κ2) is 5.41. The molecule has 0 bridgehead atoms. The predicted molar refractivity (Wildman–Crippen MR) is 77.8 cm³/mol. The van der Waals surface area contributed by atoms with Crippen molar-refractivity contribution in [3.63, 3.8) is 0 Å². The van der Waals surface area contributed by atoms with Crippen LogP contribution in [0, 0.1) is 0 Å². The molecule has 0 saturated heterocycles. The van der Waals surface area contributed by atoms with Gasteiger partial charge in [0.2, 0.25) is 0 Å². The van der Waals surface area contributed by atoms with Crippen molar-refractivity contribution in [2.75, 3.05) is 4.90 Å². The number of aromatic nitrogens is 1. The van der Waals surface area contributed by atoms with Crippen molar-refractivity contribution in [3.8, 4) is 0 Å². The summed E-state index contributed by atoms with van der Waals surface area (Å²) in [5.41, 5.74) is 8.19. The fourth-order valence-electron chi connectivity index (χ4n) is 2.31. The average molecular weight is 253 g/mol. The lowest BCUT2D eigenvalue weighted by Gasteiger charge is -2.24. The smallest absolute Gasteiger partial charge is 0.129 e. The van der Waals surface area contributed by atoms with Gasteiger partial charge in [-0.05, 0) is 36.1 Å². The monoisotopic (exact) mass is 253 g/mol. The van der Waals surface area contributed by atoms with Crippen LogP contribution in [-0.2, 0) is 13.1 Å². The number of benzene rings is 1. The van der Waals surface area contributed by atoms with E-state index in [9.17, 15) is 0 Å². The maximum atomic E-state index is 5.72. The molecule has 3 rings (SSSR count). The van der Waals surface area contributed by atoms with E-state index in [-0.39, 0.29) is 0 Å². The summed E-state index contributed by atoms with van der Waals surface area (Å²) in [5, 5.41) is 0. The highest BCUT2D eigenvalue weighted by Gasteiger charge is 2.30. The van der Waals surface area contributed by atoms with Crippen LogP contribution >= 0.6 is 0 Å². The van der Waals surface area contributed by atoms with Gasteiger partial charge in [0.1, 0.15) is 5.82 Å². The van der Waals surface area contributed by atoms with Crippen LogP contribution in [0.1, 0.15) is 24.0 Å². The van der Waals surface area contributed by atoms with Gasteiger partial charge < -0.3 is 10.6 Å². The summed E-state index contributed by atoms with van der Waals surface area (Å²) in [4.78, 5) is 6.91. The summed E-state index contributed by atoms with van der Waals surface area (Å²) in [5.74, 6) is 1.05. The number of anilines is 1. The van der Waals surface area contributed by atoms with Gasteiger partial charge >= 0.3 is 0 Å². The molecule has 2 N–H and O–H groups in total. The van der Waals surface area contributed by atoms with Crippen LogP contribution in [0.4, 0.5) is 5.82 Å². The second-order valence-electron chi connectivity index (χ2n) is 5.07. The van der Waals surface area contributed by atoms with Crippen molar-refractivity contribution in [1.29, 1.82) is 0 Å². The highest BCUT2D eigenvalue weighted by Crippen LogP contribution is 2.32. The molecule has 98 valence electrons. The van der Waals surface area contributed by atoms with Gasteiger partial charge in [0.15, 0.2) is 0 Å². The van der Waals surface area contributed by atoms with E-state index in [1.165, 1.54) is 18.4 Å². The van der Waals surface area contributed by atoms with E-state index in [0.717, 1.165) is 17.9 Å². The quantitative estimate of drug-likeness (QED) is 0.891. The van der Waals surface area contributed by atoms with Crippen molar-refractivity contribution in [2.45, 2.75) is 32.0 Å². The Bertz CT molecular complexity index is 535. The molecular weight excluding hydrogens is 234 g/mol. The van der Waals surface area contributed by atoms with Gasteiger partial charge in [-0.25, -0.2) is 4.98 Å². The van der Waals surface area contributed by atoms with Gasteiger partial charge in [-0.2, -0.15) is 0 Å². The van der Waals surface area contributed by atoms with E-state index in [1.807, 2.05) is 12.3 Å². The molecule has 0 aliphatic heterocycles. The molecule has 1 aliphatic carbocycles. The van der Waals surface area contributed by atoms with Gasteiger partial charge in [0, 0.05) is 25.3 Å². The first-order valence-electron chi connectivity index (χ1n) is 6.82. The lowest BCUT2D eigenvalue weighted by atomic mass is 10.2. The molecule has 1 saturated carbocycles. The second-order valence-corrected chi connectivity index (χ2v) is 5.07. The number of nitrogens with two attached hydrogens (primary N) is 1.